The van der Waals surface area contributed by atoms with Crippen LogP contribution >= 0.6 is 10.7 Å². The second kappa shape index (κ2) is 4.78. The molecule has 1 aliphatic rings. The topological polar surface area (TPSA) is 57.7 Å². The van der Waals surface area contributed by atoms with Crippen LogP contribution in [0.15, 0.2) is 24.3 Å². The lowest BCUT2D eigenvalue weighted by Crippen LogP contribution is -2.35. The van der Waals surface area contributed by atoms with Crippen LogP contribution in [0, 0.1) is 0 Å². The van der Waals surface area contributed by atoms with E-state index >= 15 is 0 Å². The third-order valence-corrected chi connectivity index (χ3v) is 3.81. The summed E-state index contributed by atoms with van der Waals surface area (Å²) in [5, 5.41) is 3.35. The van der Waals surface area contributed by atoms with E-state index in [0.717, 1.165) is 5.69 Å². The molecule has 1 fully saturated rings. The number of benzene rings is 1. The lowest BCUT2D eigenvalue weighted by Gasteiger charge is -2.26. The van der Waals surface area contributed by atoms with Gasteiger partial charge in [0.1, 0.15) is 0 Å². The largest absolute Gasteiger partial charge is 0.283 e. The van der Waals surface area contributed by atoms with E-state index < -0.39 is 9.05 Å². The maximum atomic E-state index is 11.4. The Bertz CT molecular complexity index is 573. The van der Waals surface area contributed by atoms with Crippen LogP contribution in [-0.4, -0.2) is 32.9 Å². The Hall–Kier alpha value is -1.27. The van der Waals surface area contributed by atoms with E-state index in [1.54, 1.807) is 25.2 Å². The zero-order chi connectivity index (χ0) is 13.3. The molecule has 0 aliphatic carbocycles. The molecule has 1 aromatic rings. The van der Waals surface area contributed by atoms with Crippen molar-refractivity contribution in [2.75, 3.05) is 18.6 Å². The van der Waals surface area contributed by atoms with Crippen molar-refractivity contribution in [3.63, 3.8) is 0 Å². The number of anilines is 1. The van der Waals surface area contributed by atoms with Crippen LogP contribution in [0.25, 0.3) is 0 Å². The number of hydrogen-bond donors (Lipinski definition) is 0. The molecule has 1 heterocycles. The van der Waals surface area contributed by atoms with Crippen molar-refractivity contribution in [2.24, 2.45) is 0 Å². The maximum absolute atomic E-state index is 11.4. The molecule has 2 rings (SSSR count). The highest BCUT2D eigenvalue weighted by atomic mass is 35.7. The van der Waals surface area contributed by atoms with Crippen molar-refractivity contribution in [1.82, 2.24) is 5.01 Å². The second-order valence-electron chi connectivity index (χ2n) is 4.14. The van der Waals surface area contributed by atoms with Crippen molar-refractivity contribution >= 4 is 31.3 Å². The van der Waals surface area contributed by atoms with Crippen LogP contribution in [0.3, 0.4) is 0 Å². The van der Waals surface area contributed by atoms with Crippen LogP contribution in [0.1, 0.15) is 12.0 Å². The monoisotopic (exact) mass is 288 g/mol. The molecule has 0 aromatic heterocycles. The number of halogens is 1. The average molecular weight is 289 g/mol. The van der Waals surface area contributed by atoms with Gasteiger partial charge in [-0.3, -0.25) is 14.8 Å². The van der Waals surface area contributed by atoms with E-state index in [9.17, 15) is 13.2 Å². The first kappa shape index (κ1) is 13.2. The minimum atomic E-state index is -3.57. The summed E-state index contributed by atoms with van der Waals surface area (Å²) in [7, 11) is 3.35. The lowest BCUT2D eigenvalue weighted by molar-refractivity contribution is -0.126. The SMILES string of the molecule is CN1C(=O)CCN1c1cccc(CS(=O)(=O)Cl)c1. The molecule has 1 amide bonds. The first-order valence-electron chi connectivity index (χ1n) is 5.42. The Morgan fingerprint density at radius 1 is 1.39 bits per heavy atom. The number of nitrogens with zero attached hydrogens (tertiary/aromatic N) is 2. The zero-order valence-electron chi connectivity index (χ0n) is 9.84. The Labute approximate surface area is 110 Å². The Morgan fingerprint density at radius 3 is 2.67 bits per heavy atom. The number of hydrazine groups is 1. The van der Waals surface area contributed by atoms with Gasteiger partial charge < -0.3 is 0 Å². The Kier molecular flexibility index (Phi) is 3.49. The first-order valence-corrected chi connectivity index (χ1v) is 7.90. The molecule has 0 atom stereocenters. The van der Waals surface area contributed by atoms with E-state index in [1.807, 2.05) is 11.1 Å². The molecular weight excluding hydrogens is 276 g/mol. The van der Waals surface area contributed by atoms with Gasteiger partial charge in [0.2, 0.25) is 15.0 Å². The fourth-order valence-corrected chi connectivity index (χ4v) is 2.91. The van der Waals surface area contributed by atoms with E-state index in [-0.39, 0.29) is 11.7 Å². The smallest absolute Gasteiger partial charge is 0.242 e. The molecule has 0 unspecified atom stereocenters. The molecule has 0 spiro atoms. The summed E-state index contributed by atoms with van der Waals surface area (Å²) in [5.74, 6) is -0.168. The summed E-state index contributed by atoms with van der Waals surface area (Å²) < 4.78 is 22.1. The lowest BCUT2D eigenvalue weighted by atomic mass is 10.2. The van der Waals surface area contributed by atoms with Crippen molar-refractivity contribution in [1.29, 1.82) is 0 Å². The minimum Gasteiger partial charge on any atom is -0.283 e. The molecule has 98 valence electrons. The third kappa shape index (κ3) is 2.94. The van der Waals surface area contributed by atoms with E-state index in [1.165, 1.54) is 5.01 Å². The number of amides is 1. The van der Waals surface area contributed by atoms with Gasteiger partial charge in [0.15, 0.2) is 0 Å². The molecule has 5 nitrogen and oxygen atoms in total. The normalized spacial score (nSPS) is 16.4. The van der Waals surface area contributed by atoms with Gasteiger partial charge >= 0.3 is 0 Å². The van der Waals surface area contributed by atoms with Gasteiger partial charge in [-0.15, -0.1) is 0 Å². The second-order valence-corrected chi connectivity index (χ2v) is 6.92. The van der Waals surface area contributed by atoms with Crippen LogP contribution in [0.5, 0.6) is 0 Å². The van der Waals surface area contributed by atoms with Crippen LogP contribution < -0.4 is 5.01 Å². The third-order valence-electron chi connectivity index (χ3n) is 2.81. The van der Waals surface area contributed by atoms with Crippen molar-refractivity contribution in [2.45, 2.75) is 12.2 Å². The number of rotatable bonds is 3. The van der Waals surface area contributed by atoms with Gasteiger partial charge in [-0.1, -0.05) is 12.1 Å². The molecule has 0 radical (unpaired) electrons. The van der Waals surface area contributed by atoms with E-state index in [0.29, 0.717) is 18.5 Å². The zero-order valence-corrected chi connectivity index (χ0v) is 11.4. The molecule has 1 saturated heterocycles. The first-order chi connectivity index (χ1) is 8.37. The number of carbonyl (C=O) groups excluding carboxylic acids is 1. The predicted molar refractivity (Wildman–Crippen MR) is 69.7 cm³/mol. The number of carbonyl (C=O) groups is 1. The van der Waals surface area contributed by atoms with Crippen LogP contribution in [-0.2, 0) is 19.6 Å². The van der Waals surface area contributed by atoms with Gasteiger partial charge in [-0.05, 0) is 17.7 Å². The highest BCUT2D eigenvalue weighted by molar-refractivity contribution is 8.13. The molecule has 1 aromatic carbocycles. The fraction of sp³-hybridized carbons (Fsp3) is 0.364. The minimum absolute atomic E-state index is 0.0466. The summed E-state index contributed by atoms with van der Waals surface area (Å²) in [4.78, 5) is 11.4. The van der Waals surface area contributed by atoms with Gasteiger partial charge in [0, 0.05) is 30.7 Å². The quantitative estimate of drug-likeness (QED) is 0.788. The standard InChI is InChI=1S/C11H13ClN2O3S/c1-13-11(15)5-6-14(13)10-4-2-3-9(7-10)8-18(12,16)17/h2-4,7H,5-6,8H2,1H3. The van der Waals surface area contributed by atoms with Crippen molar-refractivity contribution < 1.29 is 13.2 Å². The highest BCUT2D eigenvalue weighted by Gasteiger charge is 2.25. The summed E-state index contributed by atoms with van der Waals surface area (Å²) in [6.45, 7) is 0.604. The summed E-state index contributed by atoms with van der Waals surface area (Å²) in [6, 6.07) is 7.01. The highest BCUT2D eigenvalue weighted by Crippen LogP contribution is 2.23. The molecule has 0 bridgehead atoms. The van der Waals surface area contributed by atoms with Crippen molar-refractivity contribution in [3.05, 3.63) is 29.8 Å². The van der Waals surface area contributed by atoms with Crippen molar-refractivity contribution in [3.8, 4) is 0 Å². The fourth-order valence-electron chi connectivity index (χ4n) is 1.96. The van der Waals surface area contributed by atoms with Gasteiger partial charge in [0.25, 0.3) is 0 Å². The molecule has 18 heavy (non-hydrogen) atoms. The molecule has 1 aliphatic heterocycles. The molecular formula is C11H13ClN2O3S. The summed E-state index contributed by atoms with van der Waals surface area (Å²) >= 11 is 0. The summed E-state index contributed by atoms with van der Waals surface area (Å²) in [5.41, 5.74) is 1.40. The van der Waals surface area contributed by atoms with E-state index in [4.69, 9.17) is 10.7 Å². The Balaban J connectivity index is 2.25. The molecule has 0 saturated carbocycles. The Morgan fingerprint density at radius 2 is 2.11 bits per heavy atom. The van der Waals surface area contributed by atoms with Gasteiger partial charge in [0.05, 0.1) is 11.4 Å². The van der Waals surface area contributed by atoms with E-state index in [2.05, 4.69) is 0 Å². The maximum Gasteiger partial charge on any atom is 0.242 e. The van der Waals surface area contributed by atoms with Gasteiger partial charge in [-0.2, -0.15) is 0 Å². The van der Waals surface area contributed by atoms with Gasteiger partial charge in [-0.25, -0.2) is 8.42 Å². The number of hydrogen-bond acceptors (Lipinski definition) is 4. The molecule has 0 N–H and O–H groups in total. The van der Waals surface area contributed by atoms with Crippen LogP contribution in [0.2, 0.25) is 0 Å². The van der Waals surface area contributed by atoms with Crippen LogP contribution in [0.4, 0.5) is 5.69 Å². The summed E-state index contributed by atoms with van der Waals surface area (Å²) in [6.07, 6.45) is 0.467. The predicted octanol–water partition coefficient (Wildman–Crippen LogP) is 1.34. The molecule has 7 heteroatoms. The average Bonchev–Trinajstić information content (AvgIpc) is 2.58.